The Morgan fingerprint density at radius 3 is 1.00 bits per heavy atom. The zero-order chi connectivity index (χ0) is 11.5. The first-order chi connectivity index (χ1) is 6.41. The zero-order valence-corrected chi connectivity index (χ0v) is 9.16. The quantitative estimate of drug-likeness (QED) is 0.365. The number of hydrogen-bond donors (Lipinski definition) is 5. The average Bonchev–Trinajstić information content (AvgIpc) is 2.27. The second-order valence-electron chi connectivity index (χ2n) is 1.51. The molecule has 0 aromatic carbocycles. The van der Waals surface area contributed by atoms with Gasteiger partial charge in [0.15, 0.2) is 0 Å². The van der Waals surface area contributed by atoms with E-state index in [1.165, 1.54) is 21.1 Å². The second-order valence-corrected chi connectivity index (χ2v) is 1.51. The highest BCUT2D eigenvalue weighted by Gasteiger charge is 1.81. The molecule has 0 saturated carbocycles. The van der Waals surface area contributed by atoms with Gasteiger partial charge in [0, 0.05) is 13.2 Å². The Kier molecular flexibility index (Phi) is 106. The van der Waals surface area contributed by atoms with Crippen molar-refractivity contribution in [3.8, 4) is 0 Å². The Balaban J connectivity index is -0.0000000573. The van der Waals surface area contributed by atoms with Crippen LogP contribution in [-0.2, 0) is 0 Å². The van der Waals surface area contributed by atoms with Gasteiger partial charge in [0.1, 0.15) is 0 Å². The fourth-order valence-corrected chi connectivity index (χ4v) is 0.400. The molecule has 5 nitrogen and oxygen atoms in total. The van der Waals surface area contributed by atoms with Crippen molar-refractivity contribution in [2.75, 3.05) is 34.4 Å². The maximum absolute atomic E-state index is 8.21. The van der Waals surface area contributed by atoms with Crippen LogP contribution in [-0.4, -0.2) is 44.6 Å². The third kappa shape index (κ3) is 78.5. The Bertz CT molecular complexity index is 36.6. The van der Waals surface area contributed by atoms with Gasteiger partial charge in [0.25, 0.3) is 0 Å². The Labute approximate surface area is 81.9 Å². The molecule has 13 heavy (non-hydrogen) atoms. The van der Waals surface area contributed by atoms with Gasteiger partial charge in [-0.05, 0) is 40.4 Å². The van der Waals surface area contributed by atoms with Crippen molar-refractivity contribution >= 4 is 0 Å². The third-order valence-electron chi connectivity index (χ3n) is 0.816. The molecule has 0 radical (unpaired) electrons. The van der Waals surface area contributed by atoms with E-state index in [0.29, 0.717) is 0 Å². The number of nitrogens with two attached hydrogens (primary N) is 3. The van der Waals surface area contributed by atoms with E-state index in [0.717, 1.165) is 19.3 Å². The van der Waals surface area contributed by atoms with Crippen molar-refractivity contribution < 1.29 is 10.2 Å². The normalized spacial score (nSPS) is 6.46. The van der Waals surface area contributed by atoms with Crippen molar-refractivity contribution in [3.63, 3.8) is 0 Å². The highest BCUT2D eigenvalue weighted by atomic mass is 16.3. The smallest absolute Gasteiger partial charge is 0.0431 e. The van der Waals surface area contributed by atoms with E-state index in [2.05, 4.69) is 17.2 Å². The minimum Gasteiger partial charge on any atom is -0.396 e. The predicted octanol–water partition coefficient (Wildman–Crippen LogP) is -1.13. The number of aliphatic hydroxyl groups is 2. The summed E-state index contributed by atoms with van der Waals surface area (Å²) in [6, 6.07) is 0. The van der Waals surface area contributed by atoms with Crippen LogP contribution in [0.3, 0.4) is 0 Å². The predicted molar refractivity (Wildman–Crippen MR) is 58.4 cm³/mol. The molecule has 0 aliphatic heterocycles. The van der Waals surface area contributed by atoms with Crippen LogP contribution in [0.2, 0.25) is 0 Å². The maximum Gasteiger partial charge on any atom is 0.0431 e. The molecule has 0 aliphatic carbocycles. The van der Waals surface area contributed by atoms with Gasteiger partial charge in [0.2, 0.25) is 0 Å². The standard InChI is InChI=1S/C5H12O2.3CH5N/c6-4-2-1-3-5-7;3*1-2/h6-7H,1-5H2;3*2H2,1H3. The summed E-state index contributed by atoms with van der Waals surface area (Å²) in [5.41, 5.74) is 13.5. The number of unbranched alkanes of at least 4 members (excludes halogenated alkanes) is 2. The van der Waals surface area contributed by atoms with E-state index in [-0.39, 0.29) is 13.2 Å². The van der Waals surface area contributed by atoms with Crippen LogP contribution in [0.5, 0.6) is 0 Å². The number of rotatable bonds is 4. The van der Waals surface area contributed by atoms with Crippen molar-refractivity contribution in [1.82, 2.24) is 0 Å². The molecule has 0 aromatic rings. The first kappa shape index (κ1) is 23.0. The van der Waals surface area contributed by atoms with Crippen molar-refractivity contribution in [2.45, 2.75) is 19.3 Å². The summed E-state index contributed by atoms with van der Waals surface area (Å²) in [6.45, 7) is 0.500. The molecule has 0 rings (SSSR count). The van der Waals surface area contributed by atoms with E-state index >= 15 is 0 Å². The summed E-state index contributed by atoms with van der Waals surface area (Å²) in [5, 5.41) is 16.4. The topological polar surface area (TPSA) is 119 Å². The van der Waals surface area contributed by atoms with E-state index in [4.69, 9.17) is 10.2 Å². The average molecular weight is 197 g/mol. The summed E-state index contributed by atoms with van der Waals surface area (Å²) in [6.07, 6.45) is 2.58. The van der Waals surface area contributed by atoms with E-state index in [1.54, 1.807) is 0 Å². The molecule has 0 fully saturated rings. The molecule has 0 bridgehead atoms. The molecule has 0 amide bonds. The molecule has 0 aliphatic rings. The highest BCUT2D eigenvalue weighted by molar-refractivity contribution is 4.35. The Morgan fingerprint density at radius 2 is 0.846 bits per heavy atom. The fourth-order valence-electron chi connectivity index (χ4n) is 0.400. The first-order valence-corrected chi connectivity index (χ1v) is 4.36. The fraction of sp³-hybridized carbons (Fsp3) is 1.00. The molecule has 0 heterocycles. The summed E-state index contributed by atoms with van der Waals surface area (Å²) in [7, 11) is 4.50. The van der Waals surface area contributed by atoms with E-state index in [9.17, 15) is 0 Å². The van der Waals surface area contributed by atoms with E-state index in [1.807, 2.05) is 0 Å². The van der Waals surface area contributed by atoms with Crippen LogP contribution in [0.1, 0.15) is 19.3 Å². The lowest BCUT2D eigenvalue weighted by molar-refractivity contribution is 0.257. The lowest BCUT2D eigenvalue weighted by Gasteiger charge is -1.90. The second kappa shape index (κ2) is 59.7. The molecule has 5 heteroatoms. The van der Waals surface area contributed by atoms with Gasteiger partial charge in [-0.1, -0.05) is 0 Å². The van der Waals surface area contributed by atoms with Gasteiger partial charge < -0.3 is 27.4 Å². The Hall–Kier alpha value is -0.200. The minimum absolute atomic E-state index is 0.250. The van der Waals surface area contributed by atoms with Crippen molar-refractivity contribution in [2.24, 2.45) is 17.2 Å². The third-order valence-corrected chi connectivity index (χ3v) is 0.816. The minimum atomic E-state index is 0.250. The Morgan fingerprint density at radius 1 is 0.615 bits per heavy atom. The van der Waals surface area contributed by atoms with Gasteiger partial charge in [-0.25, -0.2) is 0 Å². The summed E-state index contributed by atoms with van der Waals surface area (Å²) in [5.74, 6) is 0. The van der Waals surface area contributed by atoms with Crippen LogP contribution in [0.4, 0.5) is 0 Å². The van der Waals surface area contributed by atoms with Gasteiger partial charge in [-0.3, -0.25) is 0 Å². The highest BCUT2D eigenvalue weighted by Crippen LogP contribution is 1.90. The zero-order valence-electron chi connectivity index (χ0n) is 9.16. The van der Waals surface area contributed by atoms with Crippen LogP contribution >= 0.6 is 0 Å². The first-order valence-electron chi connectivity index (χ1n) is 4.36. The van der Waals surface area contributed by atoms with Crippen LogP contribution in [0.25, 0.3) is 0 Å². The number of aliphatic hydroxyl groups excluding tert-OH is 2. The van der Waals surface area contributed by atoms with Crippen molar-refractivity contribution in [3.05, 3.63) is 0 Å². The van der Waals surface area contributed by atoms with Gasteiger partial charge >= 0.3 is 0 Å². The maximum atomic E-state index is 8.21. The molecule has 0 saturated heterocycles. The lowest BCUT2D eigenvalue weighted by Crippen LogP contribution is -1.85. The van der Waals surface area contributed by atoms with Crippen LogP contribution in [0.15, 0.2) is 0 Å². The largest absolute Gasteiger partial charge is 0.396 e. The van der Waals surface area contributed by atoms with Crippen molar-refractivity contribution in [1.29, 1.82) is 0 Å². The molecule has 0 aromatic heterocycles. The monoisotopic (exact) mass is 197 g/mol. The summed E-state index contributed by atoms with van der Waals surface area (Å²) in [4.78, 5) is 0. The van der Waals surface area contributed by atoms with Gasteiger partial charge in [-0.15, -0.1) is 0 Å². The lowest BCUT2D eigenvalue weighted by atomic mass is 10.2. The molecule has 86 valence electrons. The van der Waals surface area contributed by atoms with Crippen LogP contribution < -0.4 is 17.2 Å². The molecule has 0 atom stereocenters. The molecule has 8 N–H and O–H groups in total. The molecule has 0 spiro atoms. The van der Waals surface area contributed by atoms with Gasteiger partial charge in [-0.2, -0.15) is 0 Å². The van der Waals surface area contributed by atoms with E-state index < -0.39 is 0 Å². The number of hydrogen-bond acceptors (Lipinski definition) is 5. The SMILES string of the molecule is CN.CN.CN.OCCCCCO. The summed E-state index contributed by atoms with van der Waals surface area (Å²) >= 11 is 0. The van der Waals surface area contributed by atoms with Gasteiger partial charge in [0.05, 0.1) is 0 Å². The molecular weight excluding hydrogens is 170 g/mol. The van der Waals surface area contributed by atoms with Crippen LogP contribution in [0, 0.1) is 0 Å². The molecule has 0 unspecified atom stereocenters. The summed E-state index contributed by atoms with van der Waals surface area (Å²) < 4.78 is 0. The molecular formula is C8H27N3O2.